The normalized spacial score (nSPS) is 17.7. The van der Waals surface area contributed by atoms with Crippen LogP contribution in [0.4, 0.5) is 5.69 Å². The quantitative estimate of drug-likeness (QED) is 0.920. The van der Waals surface area contributed by atoms with Crippen molar-refractivity contribution in [2.45, 2.75) is 32.2 Å². The van der Waals surface area contributed by atoms with Crippen LogP contribution in [-0.2, 0) is 0 Å². The highest BCUT2D eigenvalue weighted by molar-refractivity contribution is 9.10. The molecule has 0 amide bonds. The van der Waals surface area contributed by atoms with Gasteiger partial charge in [-0.1, -0.05) is 6.42 Å². The number of nitrogens with zero attached hydrogens (tertiary/aromatic N) is 2. The Hall–Kier alpha value is -1.05. The van der Waals surface area contributed by atoms with Gasteiger partial charge in [-0.2, -0.15) is 5.26 Å². The number of hydrogen-bond donors (Lipinski definition) is 1. The van der Waals surface area contributed by atoms with E-state index in [2.05, 4.69) is 39.1 Å². The molecule has 0 saturated carbocycles. The van der Waals surface area contributed by atoms with Crippen molar-refractivity contribution in [3.8, 4) is 6.07 Å². The molecule has 1 aliphatic rings. The molecule has 2 rings (SSSR count). The lowest BCUT2D eigenvalue weighted by Crippen LogP contribution is -2.38. The molecule has 0 radical (unpaired) electrons. The molecule has 1 fully saturated rings. The molecule has 1 heterocycles. The van der Waals surface area contributed by atoms with Gasteiger partial charge in [0.2, 0.25) is 0 Å². The molecule has 1 unspecified atom stereocenters. The van der Waals surface area contributed by atoms with Crippen molar-refractivity contribution in [3.05, 3.63) is 28.2 Å². The molecule has 102 valence electrons. The van der Waals surface area contributed by atoms with Crippen LogP contribution < -0.4 is 5.32 Å². The Kier molecular flexibility index (Phi) is 5.24. The molecule has 3 nitrogen and oxygen atoms in total. The molecule has 0 bridgehead atoms. The second-order valence-electron chi connectivity index (χ2n) is 5.21. The predicted molar refractivity (Wildman–Crippen MR) is 82.2 cm³/mol. The number of benzene rings is 1. The van der Waals surface area contributed by atoms with Crippen LogP contribution in [0, 0.1) is 11.3 Å². The summed E-state index contributed by atoms with van der Waals surface area (Å²) in [5.74, 6) is 0. The smallest absolute Gasteiger partial charge is 0.100 e. The molecule has 0 spiro atoms. The van der Waals surface area contributed by atoms with E-state index in [4.69, 9.17) is 5.26 Å². The maximum Gasteiger partial charge on any atom is 0.100 e. The minimum absolute atomic E-state index is 0.415. The first kappa shape index (κ1) is 14.4. The molecule has 1 N–H and O–H groups in total. The highest BCUT2D eigenvalue weighted by Crippen LogP contribution is 2.21. The zero-order chi connectivity index (χ0) is 13.7. The first-order valence-electron chi connectivity index (χ1n) is 6.87. The Morgan fingerprint density at radius 1 is 1.37 bits per heavy atom. The number of rotatable bonds is 4. The molecule has 19 heavy (non-hydrogen) atoms. The summed E-state index contributed by atoms with van der Waals surface area (Å²) in [5, 5.41) is 12.4. The average Bonchev–Trinajstić information content (AvgIpc) is 2.40. The molecule has 1 atom stereocenters. The average molecular weight is 322 g/mol. The second kappa shape index (κ2) is 6.93. The standard InChI is InChI=1S/C15H20BrN3/c1-12(11-19-7-3-2-4-8-19)18-14-6-5-13(10-17)15(16)9-14/h5-6,9,12,18H,2-4,7-8,11H2,1H3. The molecule has 1 aliphatic heterocycles. The highest BCUT2D eigenvalue weighted by Gasteiger charge is 2.13. The Balaban J connectivity index is 1.89. The van der Waals surface area contributed by atoms with Crippen LogP contribution in [0.1, 0.15) is 31.7 Å². The number of anilines is 1. The van der Waals surface area contributed by atoms with E-state index in [1.807, 2.05) is 18.2 Å². The van der Waals surface area contributed by atoms with Gasteiger partial charge in [-0.05, 0) is 67.0 Å². The predicted octanol–water partition coefficient (Wildman–Crippen LogP) is 3.61. The van der Waals surface area contributed by atoms with Crippen molar-refractivity contribution in [2.75, 3.05) is 25.0 Å². The first-order valence-corrected chi connectivity index (χ1v) is 7.67. The van der Waals surface area contributed by atoms with Crippen LogP contribution in [0.5, 0.6) is 0 Å². The Morgan fingerprint density at radius 3 is 2.74 bits per heavy atom. The van der Waals surface area contributed by atoms with Crippen LogP contribution in [0.3, 0.4) is 0 Å². The third kappa shape index (κ3) is 4.22. The number of nitriles is 1. The van der Waals surface area contributed by atoms with Gasteiger partial charge in [0.1, 0.15) is 6.07 Å². The van der Waals surface area contributed by atoms with E-state index < -0.39 is 0 Å². The molecular formula is C15H20BrN3. The topological polar surface area (TPSA) is 39.1 Å². The van der Waals surface area contributed by atoms with Crippen LogP contribution in [0.15, 0.2) is 22.7 Å². The van der Waals surface area contributed by atoms with Crippen molar-refractivity contribution in [2.24, 2.45) is 0 Å². The van der Waals surface area contributed by atoms with E-state index in [9.17, 15) is 0 Å². The molecule has 4 heteroatoms. The van der Waals surface area contributed by atoms with E-state index in [-0.39, 0.29) is 0 Å². The van der Waals surface area contributed by atoms with E-state index in [1.54, 1.807) is 0 Å². The summed E-state index contributed by atoms with van der Waals surface area (Å²) in [6, 6.07) is 8.37. The van der Waals surface area contributed by atoms with E-state index in [0.29, 0.717) is 11.6 Å². The fourth-order valence-electron chi connectivity index (χ4n) is 2.55. The number of likely N-dealkylation sites (tertiary alicyclic amines) is 1. The minimum Gasteiger partial charge on any atom is -0.381 e. The SMILES string of the molecule is CC(CN1CCCCC1)Nc1ccc(C#N)c(Br)c1. The summed E-state index contributed by atoms with van der Waals surface area (Å²) >= 11 is 3.42. The van der Waals surface area contributed by atoms with Gasteiger partial charge >= 0.3 is 0 Å². The summed E-state index contributed by atoms with van der Waals surface area (Å²) in [5.41, 5.74) is 1.74. The van der Waals surface area contributed by atoms with E-state index in [0.717, 1.165) is 16.7 Å². The highest BCUT2D eigenvalue weighted by atomic mass is 79.9. The zero-order valence-electron chi connectivity index (χ0n) is 11.3. The zero-order valence-corrected chi connectivity index (χ0v) is 12.9. The van der Waals surface area contributed by atoms with Gasteiger partial charge < -0.3 is 10.2 Å². The van der Waals surface area contributed by atoms with Crippen molar-refractivity contribution in [1.29, 1.82) is 5.26 Å². The van der Waals surface area contributed by atoms with Crippen LogP contribution in [0.2, 0.25) is 0 Å². The molecule has 1 aromatic carbocycles. The van der Waals surface area contributed by atoms with Crippen LogP contribution >= 0.6 is 15.9 Å². The summed E-state index contributed by atoms with van der Waals surface area (Å²) < 4.78 is 0.852. The number of nitrogens with one attached hydrogen (secondary N) is 1. The van der Waals surface area contributed by atoms with Gasteiger partial charge in [-0.3, -0.25) is 0 Å². The fraction of sp³-hybridized carbons (Fsp3) is 0.533. The summed E-state index contributed by atoms with van der Waals surface area (Å²) in [7, 11) is 0. The Labute approximate surface area is 123 Å². The second-order valence-corrected chi connectivity index (χ2v) is 6.07. The molecule has 0 aromatic heterocycles. The fourth-order valence-corrected chi connectivity index (χ4v) is 3.02. The number of hydrogen-bond acceptors (Lipinski definition) is 3. The molecule has 0 aliphatic carbocycles. The maximum absolute atomic E-state index is 8.90. The van der Waals surface area contributed by atoms with Gasteiger partial charge in [-0.25, -0.2) is 0 Å². The van der Waals surface area contributed by atoms with E-state index in [1.165, 1.54) is 32.4 Å². The lowest BCUT2D eigenvalue weighted by atomic mass is 10.1. The third-order valence-electron chi connectivity index (χ3n) is 3.48. The number of halogens is 1. The summed E-state index contributed by atoms with van der Waals surface area (Å²) in [6.07, 6.45) is 4.03. The minimum atomic E-state index is 0.415. The summed E-state index contributed by atoms with van der Waals surface area (Å²) in [6.45, 7) is 5.74. The van der Waals surface area contributed by atoms with Crippen LogP contribution in [0.25, 0.3) is 0 Å². The van der Waals surface area contributed by atoms with Crippen molar-refractivity contribution < 1.29 is 0 Å². The van der Waals surface area contributed by atoms with Crippen LogP contribution in [-0.4, -0.2) is 30.6 Å². The molecule has 1 saturated heterocycles. The molecule has 1 aromatic rings. The van der Waals surface area contributed by atoms with Gasteiger partial charge in [0.05, 0.1) is 5.56 Å². The number of piperidine rings is 1. The van der Waals surface area contributed by atoms with E-state index >= 15 is 0 Å². The monoisotopic (exact) mass is 321 g/mol. The van der Waals surface area contributed by atoms with Crippen molar-refractivity contribution in [1.82, 2.24) is 4.90 Å². The van der Waals surface area contributed by atoms with Gasteiger partial charge in [0.25, 0.3) is 0 Å². The van der Waals surface area contributed by atoms with Crippen molar-refractivity contribution >= 4 is 21.6 Å². The third-order valence-corrected chi connectivity index (χ3v) is 4.14. The molecular weight excluding hydrogens is 302 g/mol. The lowest BCUT2D eigenvalue weighted by molar-refractivity contribution is 0.223. The van der Waals surface area contributed by atoms with Gasteiger partial charge in [0.15, 0.2) is 0 Å². The van der Waals surface area contributed by atoms with Gasteiger partial charge in [0, 0.05) is 22.7 Å². The van der Waals surface area contributed by atoms with Crippen molar-refractivity contribution in [3.63, 3.8) is 0 Å². The van der Waals surface area contributed by atoms with Gasteiger partial charge in [-0.15, -0.1) is 0 Å². The largest absolute Gasteiger partial charge is 0.381 e. The first-order chi connectivity index (χ1) is 9.19. The Morgan fingerprint density at radius 2 is 2.11 bits per heavy atom. The maximum atomic E-state index is 8.90. The Bertz CT molecular complexity index is 461. The summed E-state index contributed by atoms with van der Waals surface area (Å²) in [4.78, 5) is 2.53. The lowest BCUT2D eigenvalue weighted by Gasteiger charge is -2.29.